The molecule has 0 aromatic heterocycles. The van der Waals surface area contributed by atoms with Crippen LogP contribution in [-0.2, 0) is 38.2 Å². The van der Waals surface area contributed by atoms with E-state index < -0.39 is 34.6 Å². The van der Waals surface area contributed by atoms with Gasteiger partial charge in [-0.2, -0.15) is 0 Å². The average Bonchev–Trinajstić information content (AvgIpc) is 3.41. The number of hydrogen-bond acceptors (Lipinski definition) is 8. The lowest BCUT2D eigenvalue weighted by Gasteiger charge is -2.56. The molecule has 0 aromatic carbocycles. The molecule has 5 fully saturated rings. The van der Waals surface area contributed by atoms with Crippen LogP contribution in [0.4, 0.5) is 0 Å². The second-order valence-electron chi connectivity index (χ2n) is 10.7. The number of cyclic esters (lactones) is 1. The van der Waals surface area contributed by atoms with Gasteiger partial charge >= 0.3 is 17.9 Å². The normalized spacial score (nSPS) is 47.0. The van der Waals surface area contributed by atoms with Crippen LogP contribution in [0.3, 0.4) is 0 Å². The molecular formula is C24H30O8. The molecule has 1 spiro atoms. The maximum absolute atomic E-state index is 13.8. The number of rotatable bonds is 3. The summed E-state index contributed by atoms with van der Waals surface area (Å²) in [6, 6.07) is 0. The first-order valence-electron chi connectivity index (χ1n) is 11.6. The van der Waals surface area contributed by atoms with E-state index in [0.717, 1.165) is 0 Å². The van der Waals surface area contributed by atoms with E-state index in [1.54, 1.807) is 6.92 Å². The average molecular weight is 446 g/mol. The highest BCUT2D eigenvalue weighted by Gasteiger charge is 2.73. The SMILES string of the molecule is COC(=O)[C@@H]1C[C@@H]2C[C@H]1[C@H]([C@]1(C)C(=O)C[C@H]3C[C@@H](OC(C)=O)CC[C@@]34COC(=O)[C@H]41)C2=O. The molecule has 5 rings (SSSR count). The quantitative estimate of drug-likeness (QED) is 0.477. The molecule has 4 aliphatic carbocycles. The Kier molecular flexibility index (Phi) is 4.81. The number of Topliss-reactive ketones (excluding diaryl/α,β-unsaturated/α-hetero) is 2. The fourth-order valence-corrected chi connectivity index (χ4v) is 8.21. The summed E-state index contributed by atoms with van der Waals surface area (Å²) in [5.74, 6) is -3.69. The first-order chi connectivity index (χ1) is 15.1. The molecule has 0 unspecified atom stereocenters. The van der Waals surface area contributed by atoms with E-state index >= 15 is 0 Å². The van der Waals surface area contributed by atoms with Crippen LogP contribution in [0.1, 0.15) is 52.4 Å². The molecule has 0 aromatic rings. The van der Waals surface area contributed by atoms with Crippen LogP contribution >= 0.6 is 0 Å². The zero-order chi connectivity index (χ0) is 23.0. The number of carbonyl (C=O) groups excluding carboxylic acids is 5. The number of fused-ring (bicyclic) bond motifs is 2. The van der Waals surface area contributed by atoms with Gasteiger partial charge in [-0.15, -0.1) is 0 Å². The van der Waals surface area contributed by atoms with Crippen molar-refractivity contribution in [2.45, 2.75) is 58.5 Å². The Labute approximate surface area is 186 Å². The summed E-state index contributed by atoms with van der Waals surface area (Å²) in [7, 11) is 1.34. The van der Waals surface area contributed by atoms with Gasteiger partial charge in [0.25, 0.3) is 0 Å². The number of hydrogen-bond donors (Lipinski definition) is 0. The van der Waals surface area contributed by atoms with Gasteiger partial charge in [0, 0.05) is 30.6 Å². The lowest BCUT2D eigenvalue weighted by Crippen LogP contribution is -2.62. The fraction of sp³-hybridized carbons (Fsp3) is 0.792. The van der Waals surface area contributed by atoms with Crippen LogP contribution in [0.5, 0.6) is 0 Å². The Morgan fingerprint density at radius 1 is 1.12 bits per heavy atom. The van der Waals surface area contributed by atoms with Crippen molar-refractivity contribution in [1.82, 2.24) is 0 Å². The number of esters is 3. The third-order valence-electron chi connectivity index (χ3n) is 9.45. The molecule has 32 heavy (non-hydrogen) atoms. The zero-order valence-electron chi connectivity index (χ0n) is 18.8. The van der Waals surface area contributed by atoms with Crippen molar-refractivity contribution in [3.05, 3.63) is 0 Å². The number of methoxy groups -OCH3 is 1. The topological polar surface area (TPSA) is 113 Å². The van der Waals surface area contributed by atoms with Gasteiger partial charge in [-0.3, -0.25) is 24.0 Å². The summed E-state index contributed by atoms with van der Waals surface area (Å²) in [4.78, 5) is 64.2. The Morgan fingerprint density at radius 2 is 1.88 bits per heavy atom. The largest absolute Gasteiger partial charge is 0.469 e. The van der Waals surface area contributed by atoms with E-state index in [4.69, 9.17) is 14.2 Å². The van der Waals surface area contributed by atoms with E-state index in [1.807, 2.05) is 0 Å². The predicted molar refractivity (Wildman–Crippen MR) is 108 cm³/mol. The molecule has 1 heterocycles. The minimum atomic E-state index is -1.19. The van der Waals surface area contributed by atoms with Gasteiger partial charge in [0.1, 0.15) is 17.7 Å². The molecule has 1 aliphatic heterocycles. The molecular weight excluding hydrogens is 416 g/mol. The third-order valence-corrected chi connectivity index (χ3v) is 9.45. The standard InChI is InChI=1S/C24H30O8/c1-11(25)32-14-4-5-24-10-31-22(29)20(24)23(2,17(26)9-13(24)8-14)18-15-6-12(19(18)27)7-16(15)21(28)30-3/h12-16,18,20H,4-10H2,1-3H3/t12-,13+,14-,15+,16+,18-,20-,23-,24+/m0/s1. The van der Waals surface area contributed by atoms with Crippen molar-refractivity contribution in [3.63, 3.8) is 0 Å². The van der Waals surface area contributed by atoms with Crippen molar-refractivity contribution in [1.29, 1.82) is 0 Å². The molecule has 8 nitrogen and oxygen atoms in total. The molecule has 0 radical (unpaired) electrons. The highest BCUT2D eigenvalue weighted by molar-refractivity contribution is 6.00. The molecule has 1 saturated heterocycles. The van der Waals surface area contributed by atoms with Crippen LogP contribution in [0.25, 0.3) is 0 Å². The Balaban J connectivity index is 1.52. The van der Waals surface area contributed by atoms with E-state index in [0.29, 0.717) is 32.1 Å². The predicted octanol–water partition coefficient (Wildman–Crippen LogP) is 1.87. The first-order valence-corrected chi connectivity index (χ1v) is 11.6. The zero-order valence-corrected chi connectivity index (χ0v) is 18.8. The van der Waals surface area contributed by atoms with Crippen LogP contribution < -0.4 is 0 Å². The summed E-state index contributed by atoms with van der Waals surface area (Å²) in [5, 5.41) is 0. The Morgan fingerprint density at radius 3 is 2.53 bits per heavy atom. The molecule has 0 amide bonds. The molecule has 4 saturated carbocycles. The Bertz CT molecular complexity index is 910. The van der Waals surface area contributed by atoms with Gasteiger partial charge in [-0.25, -0.2) is 0 Å². The first kappa shape index (κ1) is 21.6. The maximum atomic E-state index is 13.8. The van der Waals surface area contributed by atoms with Gasteiger partial charge in [-0.05, 0) is 43.9 Å². The van der Waals surface area contributed by atoms with E-state index in [-0.39, 0.29) is 60.4 Å². The lowest BCUT2D eigenvalue weighted by molar-refractivity contribution is -0.176. The smallest absolute Gasteiger partial charge is 0.310 e. The minimum absolute atomic E-state index is 0.00732. The maximum Gasteiger partial charge on any atom is 0.310 e. The van der Waals surface area contributed by atoms with Crippen LogP contribution in [0, 0.1) is 46.3 Å². The van der Waals surface area contributed by atoms with Crippen molar-refractivity contribution in [3.8, 4) is 0 Å². The van der Waals surface area contributed by atoms with Crippen LogP contribution in [-0.4, -0.2) is 49.3 Å². The summed E-state index contributed by atoms with van der Waals surface area (Å²) in [6.07, 6.45) is 2.70. The minimum Gasteiger partial charge on any atom is -0.469 e. The molecule has 5 aliphatic rings. The van der Waals surface area contributed by atoms with Gasteiger partial charge in [-0.1, -0.05) is 6.92 Å². The van der Waals surface area contributed by atoms with E-state index in [1.165, 1.54) is 14.0 Å². The van der Waals surface area contributed by atoms with Gasteiger partial charge in [0.2, 0.25) is 0 Å². The summed E-state index contributed by atoms with van der Waals surface area (Å²) in [6.45, 7) is 3.36. The second kappa shape index (κ2) is 7.12. The molecule has 9 atom stereocenters. The summed E-state index contributed by atoms with van der Waals surface area (Å²) in [5.41, 5.74) is -1.74. The van der Waals surface area contributed by atoms with Crippen molar-refractivity contribution in [2.24, 2.45) is 46.3 Å². The molecule has 0 N–H and O–H groups in total. The highest BCUT2D eigenvalue weighted by atomic mass is 16.5. The highest BCUT2D eigenvalue weighted by Crippen LogP contribution is 2.67. The third kappa shape index (κ3) is 2.70. The molecule has 8 heteroatoms. The lowest BCUT2D eigenvalue weighted by atomic mass is 9.44. The van der Waals surface area contributed by atoms with Gasteiger partial charge in [0.05, 0.1) is 31.0 Å². The second-order valence-corrected chi connectivity index (χ2v) is 10.7. The molecule has 2 bridgehead atoms. The summed E-state index contributed by atoms with van der Waals surface area (Å²) >= 11 is 0. The fourth-order valence-electron chi connectivity index (χ4n) is 8.21. The van der Waals surface area contributed by atoms with Crippen molar-refractivity contribution in [2.75, 3.05) is 13.7 Å². The monoisotopic (exact) mass is 446 g/mol. The Hall–Kier alpha value is -2.25. The summed E-state index contributed by atoms with van der Waals surface area (Å²) < 4.78 is 16.0. The van der Waals surface area contributed by atoms with Gasteiger partial charge in [0.15, 0.2) is 0 Å². The number of carbonyl (C=O) groups is 5. The van der Waals surface area contributed by atoms with Crippen LogP contribution in [0.2, 0.25) is 0 Å². The van der Waals surface area contributed by atoms with Crippen molar-refractivity contribution >= 4 is 29.5 Å². The van der Waals surface area contributed by atoms with Crippen molar-refractivity contribution < 1.29 is 38.2 Å². The molecule has 174 valence electrons. The number of ether oxygens (including phenoxy) is 3. The van der Waals surface area contributed by atoms with E-state index in [9.17, 15) is 24.0 Å². The number of ketones is 2. The van der Waals surface area contributed by atoms with E-state index in [2.05, 4.69) is 0 Å². The van der Waals surface area contributed by atoms with Crippen LogP contribution in [0.15, 0.2) is 0 Å². The van der Waals surface area contributed by atoms with Gasteiger partial charge < -0.3 is 14.2 Å².